The van der Waals surface area contributed by atoms with Gasteiger partial charge >= 0.3 is 0 Å². The summed E-state index contributed by atoms with van der Waals surface area (Å²) in [5.74, 6) is 2.45. The first-order valence-corrected chi connectivity index (χ1v) is 5.97. The maximum Gasteiger partial charge on any atom is 0.134 e. The summed E-state index contributed by atoms with van der Waals surface area (Å²) in [7, 11) is 5.23. The zero-order valence-corrected chi connectivity index (χ0v) is 11.6. The van der Waals surface area contributed by atoms with Crippen molar-refractivity contribution >= 4 is 11.6 Å². The predicted octanol–water partition coefficient (Wildman–Crippen LogP) is 0.926. The van der Waals surface area contributed by atoms with E-state index in [1.807, 2.05) is 20.0 Å². The molecule has 0 saturated carbocycles. The Bertz CT molecular complexity index is 352. The van der Waals surface area contributed by atoms with Gasteiger partial charge in [0.1, 0.15) is 17.5 Å². The highest BCUT2D eigenvalue weighted by molar-refractivity contribution is 5.49. The van der Waals surface area contributed by atoms with Crippen LogP contribution in [0.1, 0.15) is 5.82 Å². The standard InChI is InChI=1S/C12H22N4O2/c1-10-14-11(13-2)9-12(15-10)16(5-7-17-3)6-8-18-4/h9H,5-8H2,1-4H3,(H,13,14,15). The highest BCUT2D eigenvalue weighted by atomic mass is 16.5. The van der Waals surface area contributed by atoms with Crippen molar-refractivity contribution in [1.29, 1.82) is 0 Å². The lowest BCUT2D eigenvalue weighted by Crippen LogP contribution is -2.31. The highest BCUT2D eigenvalue weighted by Crippen LogP contribution is 2.15. The van der Waals surface area contributed by atoms with Crippen LogP contribution >= 0.6 is 0 Å². The van der Waals surface area contributed by atoms with Crippen LogP contribution < -0.4 is 10.2 Å². The number of rotatable bonds is 8. The third-order valence-corrected chi connectivity index (χ3v) is 2.54. The van der Waals surface area contributed by atoms with Gasteiger partial charge in [0.2, 0.25) is 0 Å². The molecule has 18 heavy (non-hydrogen) atoms. The van der Waals surface area contributed by atoms with Crippen LogP contribution in [0.25, 0.3) is 0 Å². The number of anilines is 2. The molecule has 6 nitrogen and oxygen atoms in total. The molecule has 1 rings (SSSR count). The lowest BCUT2D eigenvalue weighted by molar-refractivity contribution is 0.190. The molecule has 0 saturated heterocycles. The molecule has 0 unspecified atom stereocenters. The Labute approximate surface area is 108 Å². The van der Waals surface area contributed by atoms with Crippen LogP contribution in [0.2, 0.25) is 0 Å². The van der Waals surface area contributed by atoms with Crippen LogP contribution in [0, 0.1) is 6.92 Å². The minimum Gasteiger partial charge on any atom is -0.383 e. The van der Waals surface area contributed by atoms with Crippen molar-refractivity contribution in [3.05, 3.63) is 11.9 Å². The van der Waals surface area contributed by atoms with Crippen molar-refractivity contribution in [2.75, 3.05) is 57.8 Å². The molecule has 6 heteroatoms. The molecule has 1 heterocycles. The van der Waals surface area contributed by atoms with Gasteiger partial charge in [0.15, 0.2) is 0 Å². The number of aromatic nitrogens is 2. The molecule has 0 bridgehead atoms. The Balaban J connectivity index is 2.84. The molecule has 0 aliphatic rings. The lowest BCUT2D eigenvalue weighted by Gasteiger charge is -2.23. The van der Waals surface area contributed by atoms with Gasteiger partial charge in [-0.1, -0.05) is 0 Å². The molecule has 1 N–H and O–H groups in total. The average molecular weight is 254 g/mol. The zero-order chi connectivity index (χ0) is 13.4. The van der Waals surface area contributed by atoms with Gasteiger partial charge in [0, 0.05) is 40.4 Å². The van der Waals surface area contributed by atoms with Crippen molar-refractivity contribution in [3.8, 4) is 0 Å². The van der Waals surface area contributed by atoms with E-state index in [2.05, 4.69) is 20.2 Å². The van der Waals surface area contributed by atoms with Crippen molar-refractivity contribution in [2.45, 2.75) is 6.92 Å². The summed E-state index contributed by atoms with van der Waals surface area (Å²) in [5.41, 5.74) is 0. The first-order valence-electron chi connectivity index (χ1n) is 5.97. The van der Waals surface area contributed by atoms with Crippen molar-refractivity contribution in [3.63, 3.8) is 0 Å². The van der Waals surface area contributed by atoms with Gasteiger partial charge in [-0.3, -0.25) is 0 Å². The largest absolute Gasteiger partial charge is 0.383 e. The Kier molecular flexibility index (Phi) is 6.38. The number of ether oxygens (including phenoxy) is 2. The van der Waals surface area contributed by atoms with Crippen LogP contribution in [0.5, 0.6) is 0 Å². The minimum absolute atomic E-state index is 0.654. The Hall–Kier alpha value is -1.40. The van der Waals surface area contributed by atoms with Gasteiger partial charge in [-0.25, -0.2) is 9.97 Å². The van der Waals surface area contributed by atoms with Gasteiger partial charge < -0.3 is 19.7 Å². The summed E-state index contributed by atoms with van der Waals surface area (Å²) >= 11 is 0. The summed E-state index contributed by atoms with van der Waals surface area (Å²) in [6.45, 7) is 4.75. The molecule has 102 valence electrons. The van der Waals surface area contributed by atoms with E-state index in [0.717, 1.165) is 30.5 Å². The molecule has 0 aliphatic carbocycles. The third-order valence-electron chi connectivity index (χ3n) is 2.54. The summed E-state index contributed by atoms with van der Waals surface area (Å²) in [5, 5.41) is 3.03. The fourth-order valence-electron chi connectivity index (χ4n) is 1.59. The summed E-state index contributed by atoms with van der Waals surface area (Å²) in [6.07, 6.45) is 0. The topological polar surface area (TPSA) is 59.5 Å². The monoisotopic (exact) mass is 254 g/mol. The van der Waals surface area contributed by atoms with Crippen molar-refractivity contribution in [2.24, 2.45) is 0 Å². The van der Waals surface area contributed by atoms with Crippen molar-refractivity contribution in [1.82, 2.24) is 9.97 Å². The molecule has 0 fully saturated rings. The average Bonchev–Trinajstić information content (AvgIpc) is 2.38. The van der Waals surface area contributed by atoms with E-state index in [1.165, 1.54) is 0 Å². The highest BCUT2D eigenvalue weighted by Gasteiger charge is 2.10. The van der Waals surface area contributed by atoms with Crippen LogP contribution in [-0.2, 0) is 9.47 Å². The fourth-order valence-corrected chi connectivity index (χ4v) is 1.59. The predicted molar refractivity (Wildman–Crippen MR) is 72.3 cm³/mol. The molecular formula is C12H22N4O2. The van der Waals surface area contributed by atoms with E-state index < -0.39 is 0 Å². The van der Waals surface area contributed by atoms with E-state index in [-0.39, 0.29) is 0 Å². The van der Waals surface area contributed by atoms with Crippen LogP contribution in [0.4, 0.5) is 11.6 Å². The molecule has 0 radical (unpaired) electrons. The Morgan fingerprint density at radius 2 is 1.78 bits per heavy atom. The lowest BCUT2D eigenvalue weighted by atomic mass is 10.4. The van der Waals surface area contributed by atoms with E-state index >= 15 is 0 Å². The van der Waals surface area contributed by atoms with Crippen LogP contribution in [-0.4, -0.2) is 57.5 Å². The normalized spacial score (nSPS) is 10.4. The minimum atomic E-state index is 0.654. The van der Waals surface area contributed by atoms with Gasteiger partial charge in [0.25, 0.3) is 0 Å². The first-order chi connectivity index (χ1) is 8.71. The third kappa shape index (κ3) is 4.46. The SMILES string of the molecule is CNc1cc(N(CCOC)CCOC)nc(C)n1. The van der Waals surface area contributed by atoms with E-state index in [4.69, 9.17) is 9.47 Å². The number of aryl methyl sites for hydroxylation is 1. The molecule has 0 amide bonds. The van der Waals surface area contributed by atoms with E-state index in [1.54, 1.807) is 14.2 Å². The second-order valence-electron chi connectivity index (χ2n) is 3.88. The fraction of sp³-hybridized carbons (Fsp3) is 0.667. The number of hydrogen-bond donors (Lipinski definition) is 1. The first kappa shape index (κ1) is 14.7. The second kappa shape index (κ2) is 7.84. The van der Waals surface area contributed by atoms with E-state index in [0.29, 0.717) is 13.2 Å². The smallest absolute Gasteiger partial charge is 0.134 e. The van der Waals surface area contributed by atoms with E-state index in [9.17, 15) is 0 Å². The molecule has 0 aliphatic heterocycles. The number of hydrogen-bond acceptors (Lipinski definition) is 6. The summed E-state index contributed by atoms with van der Waals surface area (Å²) in [4.78, 5) is 10.9. The quantitative estimate of drug-likeness (QED) is 0.744. The Morgan fingerprint density at radius 3 is 2.28 bits per heavy atom. The zero-order valence-electron chi connectivity index (χ0n) is 11.6. The number of nitrogens with zero attached hydrogens (tertiary/aromatic N) is 3. The maximum atomic E-state index is 5.12. The summed E-state index contributed by atoms with van der Waals surface area (Å²) < 4.78 is 10.2. The Morgan fingerprint density at radius 1 is 1.17 bits per heavy atom. The molecule has 0 aromatic carbocycles. The van der Waals surface area contributed by atoms with Gasteiger partial charge in [0.05, 0.1) is 13.2 Å². The second-order valence-corrected chi connectivity index (χ2v) is 3.88. The van der Waals surface area contributed by atoms with Crippen LogP contribution in [0.15, 0.2) is 6.07 Å². The number of nitrogens with one attached hydrogen (secondary N) is 1. The van der Waals surface area contributed by atoms with Crippen molar-refractivity contribution < 1.29 is 9.47 Å². The molecule has 0 spiro atoms. The molecular weight excluding hydrogens is 232 g/mol. The molecule has 0 atom stereocenters. The molecule has 1 aromatic heterocycles. The number of methoxy groups -OCH3 is 2. The summed E-state index contributed by atoms with van der Waals surface area (Å²) in [6, 6.07) is 1.93. The molecule has 1 aromatic rings. The van der Waals surface area contributed by atoms with Gasteiger partial charge in [-0.2, -0.15) is 0 Å². The van der Waals surface area contributed by atoms with Gasteiger partial charge in [-0.05, 0) is 6.92 Å². The van der Waals surface area contributed by atoms with Gasteiger partial charge in [-0.15, -0.1) is 0 Å². The maximum absolute atomic E-state index is 5.12. The van der Waals surface area contributed by atoms with Crippen LogP contribution in [0.3, 0.4) is 0 Å².